The lowest BCUT2D eigenvalue weighted by Crippen LogP contribution is -2.55. The van der Waals surface area contributed by atoms with Crippen molar-refractivity contribution < 1.29 is 9.53 Å². The summed E-state index contributed by atoms with van der Waals surface area (Å²) in [5.41, 5.74) is -0.442. The average Bonchev–Trinajstić information content (AvgIpc) is 3.27. The minimum absolute atomic E-state index is 0. The zero-order chi connectivity index (χ0) is 21.7. The van der Waals surface area contributed by atoms with Crippen LogP contribution in [0.2, 0.25) is 0 Å². The quantitative estimate of drug-likeness (QED) is 0.298. The molecule has 2 unspecified atom stereocenters. The highest BCUT2D eigenvalue weighted by molar-refractivity contribution is 14.0. The van der Waals surface area contributed by atoms with Gasteiger partial charge in [-0.3, -0.25) is 4.99 Å². The summed E-state index contributed by atoms with van der Waals surface area (Å²) in [7, 11) is 2.23. The van der Waals surface area contributed by atoms with E-state index in [1.807, 2.05) is 25.7 Å². The molecule has 1 amide bonds. The lowest BCUT2D eigenvalue weighted by Gasteiger charge is -2.40. The van der Waals surface area contributed by atoms with Gasteiger partial charge in [-0.15, -0.1) is 24.0 Å². The van der Waals surface area contributed by atoms with Gasteiger partial charge < -0.3 is 25.2 Å². The molecule has 7 nitrogen and oxygen atoms in total. The van der Waals surface area contributed by atoms with Crippen molar-refractivity contribution in [1.29, 1.82) is 0 Å². The molecule has 0 radical (unpaired) electrons. The normalized spacial score (nSPS) is 26.7. The van der Waals surface area contributed by atoms with Crippen molar-refractivity contribution in [2.75, 3.05) is 26.7 Å². The van der Waals surface area contributed by atoms with Crippen LogP contribution in [0.1, 0.15) is 79.1 Å². The standard InChI is InChI=1S/C23H43N5O2.HI/c1-6-24-21(25-13-14-27(5)18-9-7-8-10-18)26-17-15-19-11-12-20(16-17)28(19)22(29)30-23(2,3)4;/h17-20H,6-16H2,1-5H3,(H2,24,25,26);1H. The van der Waals surface area contributed by atoms with Crippen molar-refractivity contribution in [2.24, 2.45) is 4.99 Å². The molecule has 1 saturated carbocycles. The van der Waals surface area contributed by atoms with Gasteiger partial charge in [-0.05, 0) is 73.3 Å². The van der Waals surface area contributed by atoms with Gasteiger partial charge in [-0.25, -0.2) is 4.79 Å². The van der Waals surface area contributed by atoms with Crippen molar-refractivity contribution in [3.05, 3.63) is 0 Å². The first-order valence-corrected chi connectivity index (χ1v) is 12.0. The van der Waals surface area contributed by atoms with E-state index in [9.17, 15) is 4.79 Å². The first-order valence-electron chi connectivity index (χ1n) is 12.0. The van der Waals surface area contributed by atoms with Gasteiger partial charge in [-0.1, -0.05) is 12.8 Å². The van der Waals surface area contributed by atoms with Gasteiger partial charge in [-0.2, -0.15) is 0 Å². The van der Waals surface area contributed by atoms with Gasteiger partial charge in [0, 0.05) is 37.3 Å². The summed E-state index contributed by atoms with van der Waals surface area (Å²) in [5, 5.41) is 7.05. The van der Waals surface area contributed by atoms with E-state index in [1.54, 1.807) is 0 Å². The molecular formula is C23H44IN5O2. The van der Waals surface area contributed by atoms with E-state index < -0.39 is 5.60 Å². The summed E-state index contributed by atoms with van der Waals surface area (Å²) in [6, 6.07) is 1.63. The fourth-order valence-electron chi connectivity index (χ4n) is 5.27. The molecule has 2 saturated heterocycles. The summed E-state index contributed by atoms with van der Waals surface area (Å²) >= 11 is 0. The van der Waals surface area contributed by atoms with Crippen LogP contribution in [0.15, 0.2) is 4.99 Å². The molecule has 8 heteroatoms. The lowest BCUT2D eigenvalue weighted by molar-refractivity contribution is 0.00545. The molecule has 2 bridgehead atoms. The Bertz CT molecular complexity index is 589. The molecule has 3 aliphatic rings. The van der Waals surface area contributed by atoms with Crippen LogP contribution in [0.3, 0.4) is 0 Å². The van der Waals surface area contributed by atoms with Gasteiger partial charge in [0.15, 0.2) is 5.96 Å². The third kappa shape index (κ3) is 7.65. The Morgan fingerprint density at radius 1 is 1.13 bits per heavy atom. The number of nitrogens with one attached hydrogen (secondary N) is 2. The van der Waals surface area contributed by atoms with Crippen LogP contribution < -0.4 is 10.6 Å². The Morgan fingerprint density at radius 3 is 2.29 bits per heavy atom. The number of carbonyl (C=O) groups excluding carboxylic acids is 1. The number of fused-ring (bicyclic) bond motifs is 2. The van der Waals surface area contributed by atoms with Gasteiger partial charge in [0.05, 0.1) is 6.54 Å². The summed E-state index contributed by atoms with van der Waals surface area (Å²) in [5.74, 6) is 0.910. The van der Waals surface area contributed by atoms with E-state index in [0.29, 0.717) is 6.04 Å². The Kier molecular flexibility index (Phi) is 10.2. The topological polar surface area (TPSA) is 69.2 Å². The molecule has 1 aliphatic carbocycles. The van der Waals surface area contributed by atoms with Crippen molar-refractivity contribution in [2.45, 2.75) is 109 Å². The number of hydrogen-bond donors (Lipinski definition) is 2. The molecule has 31 heavy (non-hydrogen) atoms. The highest BCUT2D eigenvalue weighted by atomic mass is 127. The molecule has 3 rings (SSSR count). The Labute approximate surface area is 206 Å². The zero-order valence-corrected chi connectivity index (χ0v) is 22.5. The molecule has 0 aromatic carbocycles. The number of likely N-dealkylation sites (N-methyl/N-ethyl adjacent to an activating group) is 1. The van der Waals surface area contributed by atoms with E-state index in [-0.39, 0.29) is 42.2 Å². The molecule has 2 aliphatic heterocycles. The number of carbonyl (C=O) groups is 1. The summed E-state index contributed by atoms with van der Waals surface area (Å²) in [6.45, 7) is 10.6. The number of piperidine rings is 1. The Balaban J connectivity index is 0.00000341. The van der Waals surface area contributed by atoms with Gasteiger partial charge >= 0.3 is 6.09 Å². The predicted molar refractivity (Wildman–Crippen MR) is 137 cm³/mol. The zero-order valence-electron chi connectivity index (χ0n) is 20.2. The molecule has 2 N–H and O–H groups in total. The van der Waals surface area contributed by atoms with E-state index >= 15 is 0 Å². The van der Waals surface area contributed by atoms with Crippen molar-refractivity contribution in [1.82, 2.24) is 20.4 Å². The number of amides is 1. The number of aliphatic imine (C=N–C) groups is 1. The van der Waals surface area contributed by atoms with Crippen molar-refractivity contribution in [3.8, 4) is 0 Å². The van der Waals surface area contributed by atoms with Crippen LogP contribution in [-0.2, 0) is 4.74 Å². The third-order valence-corrected chi connectivity index (χ3v) is 6.69. The second-order valence-electron chi connectivity index (χ2n) is 10.3. The molecule has 180 valence electrons. The molecule has 0 aromatic rings. The molecule has 3 fully saturated rings. The minimum atomic E-state index is -0.442. The monoisotopic (exact) mass is 549 g/mol. The maximum Gasteiger partial charge on any atom is 0.410 e. The smallest absolute Gasteiger partial charge is 0.410 e. The fraction of sp³-hybridized carbons (Fsp3) is 0.913. The van der Waals surface area contributed by atoms with E-state index in [2.05, 4.69) is 29.5 Å². The minimum Gasteiger partial charge on any atom is -0.444 e. The SMILES string of the molecule is CCNC(=NCCN(C)C1CCCC1)NC1CC2CCC(C1)N2C(=O)OC(C)(C)C.I. The molecule has 0 aromatic heterocycles. The Morgan fingerprint density at radius 2 is 1.74 bits per heavy atom. The predicted octanol–water partition coefficient (Wildman–Crippen LogP) is 3.96. The number of guanidine groups is 1. The van der Waals surface area contributed by atoms with E-state index in [0.717, 1.165) is 57.3 Å². The van der Waals surface area contributed by atoms with Crippen molar-refractivity contribution in [3.63, 3.8) is 0 Å². The first kappa shape index (κ1) is 26.5. The van der Waals surface area contributed by atoms with Crippen LogP contribution in [0.25, 0.3) is 0 Å². The van der Waals surface area contributed by atoms with Gasteiger partial charge in [0.2, 0.25) is 0 Å². The van der Waals surface area contributed by atoms with Crippen LogP contribution in [0, 0.1) is 0 Å². The van der Waals surface area contributed by atoms with Crippen LogP contribution in [0.5, 0.6) is 0 Å². The highest BCUT2D eigenvalue weighted by Gasteiger charge is 2.45. The van der Waals surface area contributed by atoms with Crippen molar-refractivity contribution >= 4 is 36.0 Å². The van der Waals surface area contributed by atoms with Crippen LogP contribution >= 0.6 is 24.0 Å². The molecule has 2 heterocycles. The number of halogens is 1. The third-order valence-electron chi connectivity index (χ3n) is 6.69. The molecule has 2 atom stereocenters. The first-order chi connectivity index (χ1) is 14.3. The summed E-state index contributed by atoms with van der Waals surface area (Å²) < 4.78 is 5.66. The highest BCUT2D eigenvalue weighted by Crippen LogP contribution is 2.36. The van der Waals surface area contributed by atoms with Gasteiger partial charge in [0.1, 0.15) is 5.60 Å². The van der Waals surface area contributed by atoms with Crippen LogP contribution in [-0.4, -0.2) is 78.3 Å². The summed E-state index contributed by atoms with van der Waals surface area (Å²) in [6.07, 6.45) is 9.31. The Hall–Kier alpha value is -0.770. The van der Waals surface area contributed by atoms with E-state index in [1.165, 1.54) is 25.7 Å². The largest absolute Gasteiger partial charge is 0.444 e. The second kappa shape index (κ2) is 11.9. The maximum absolute atomic E-state index is 12.7. The summed E-state index contributed by atoms with van der Waals surface area (Å²) in [4.78, 5) is 22.0. The molecular weight excluding hydrogens is 505 g/mol. The second-order valence-corrected chi connectivity index (χ2v) is 10.3. The lowest BCUT2D eigenvalue weighted by atomic mass is 9.98. The number of ether oxygens (including phenoxy) is 1. The van der Waals surface area contributed by atoms with Crippen LogP contribution in [0.4, 0.5) is 4.79 Å². The van der Waals surface area contributed by atoms with Gasteiger partial charge in [0.25, 0.3) is 0 Å². The van der Waals surface area contributed by atoms with E-state index in [4.69, 9.17) is 9.73 Å². The maximum atomic E-state index is 12.7. The number of hydrogen-bond acceptors (Lipinski definition) is 4. The fourth-order valence-corrected chi connectivity index (χ4v) is 5.27. The average molecular weight is 550 g/mol. The number of nitrogens with zero attached hydrogens (tertiary/aromatic N) is 3. The number of rotatable bonds is 6. The molecule has 0 spiro atoms.